The molecule has 0 bridgehead atoms. The maximum Gasteiger partial charge on any atom is 0.142 e. The quantitative estimate of drug-likeness (QED) is 0.472. The molecule has 1 fully saturated rings. The van der Waals surface area contributed by atoms with Gasteiger partial charge in [0.15, 0.2) is 0 Å². The Morgan fingerprint density at radius 3 is 3.00 bits per heavy atom. The number of aromatic nitrogens is 2. The Kier molecular flexibility index (Phi) is 6.81. The van der Waals surface area contributed by atoms with Gasteiger partial charge in [0.2, 0.25) is 0 Å². The summed E-state index contributed by atoms with van der Waals surface area (Å²) >= 11 is 5.39. The first-order valence-electron chi connectivity index (χ1n) is 11.0. The van der Waals surface area contributed by atoms with Gasteiger partial charge in [-0.05, 0) is 55.5 Å². The second kappa shape index (κ2) is 9.92. The minimum atomic E-state index is 0.694. The molecule has 5 rings (SSSR count). The fourth-order valence-corrected chi connectivity index (χ4v) is 6.22. The molecule has 2 aromatic heterocycles. The van der Waals surface area contributed by atoms with Crippen LogP contribution < -0.4 is 10.6 Å². The molecule has 1 saturated heterocycles. The number of nitrogens with zero attached hydrogens (tertiary/aromatic N) is 3. The summed E-state index contributed by atoms with van der Waals surface area (Å²) in [5.74, 6) is 1.61. The van der Waals surface area contributed by atoms with Crippen LogP contribution in [0.4, 0.5) is 11.5 Å². The van der Waals surface area contributed by atoms with E-state index in [0.717, 1.165) is 79.6 Å². The number of fused-ring (bicyclic) bond motifs is 3. The predicted molar refractivity (Wildman–Crippen MR) is 130 cm³/mol. The zero-order chi connectivity index (χ0) is 21.0. The standard InChI is InChI=1S/C23H28BrN5OS/c24-17-2-1-3-18(13-17)28-22-21-19-5-4-16(12-20(19)31-23(21)27-15-26-22)14-25-6-7-29-8-10-30-11-9-29/h1-3,13,15-16,25H,4-12,14H2,(H,26,27,28). The van der Waals surface area contributed by atoms with Gasteiger partial charge in [-0.3, -0.25) is 4.90 Å². The van der Waals surface area contributed by atoms with Crippen molar-refractivity contribution in [3.63, 3.8) is 0 Å². The molecule has 0 radical (unpaired) electrons. The van der Waals surface area contributed by atoms with Gasteiger partial charge in [0, 0.05) is 41.2 Å². The number of hydrogen-bond acceptors (Lipinski definition) is 7. The van der Waals surface area contributed by atoms with Crippen LogP contribution in [0.15, 0.2) is 35.1 Å². The van der Waals surface area contributed by atoms with Crippen LogP contribution in [0, 0.1) is 5.92 Å². The number of anilines is 2. The summed E-state index contributed by atoms with van der Waals surface area (Å²) in [7, 11) is 0. The monoisotopic (exact) mass is 501 g/mol. The molecule has 164 valence electrons. The van der Waals surface area contributed by atoms with Crippen LogP contribution in [0.5, 0.6) is 0 Å². The second-order valence-electron chi connectivity index (χ2n) is 8.31. The highest BCUT2D eigenvalue weighted by Crippen LogP contribution is 2.40. The zero-order valence-corrected chi connectivity index (χ0v) is 20.0. The Balaban J connectivity index is 1.23. The van der Waals surface area contributed by atoms with Gasteiger partial charge >= 0.3 is 0 Å². The van der Waals surface area contributed by atoms with Crippen molar-refractivity contribution in [1.29, 1.82) is 0 Å². The summed E-state index contributed by atoms with van der Waals surface area (Å²) in [4.78, 5) is 14.2. The van der Waals surface area contributed by atoms with E-state index in [9.17, 15) is 0 Å². The molecule has 1 aliphatic heterocycles. The Labute approximate surface area is 195 Å². The molecule has 0 spiro atoms. The third-order valence-electron chi connectivity index (χ3n) is 6.18. The lowest BCUT2D eigenvalue weighted by atomic mass is 9.87. The highest BCUT2D eigenvalue weighted by Gasteiger charge is 2.25. The molecule has 3 heterocycles. The lowest BCUT2D eigenvalue weighted by Crippen LogP contribution is -2.41. The van der Waals surface area contributed by atoms with Crippen LogP contribution in [0.1, 0.15) is 16.9 Å². The molecule has 31 heavy (non-hydrogen) atoms. The molecule has 6 nitrogen and oxygen atoms in total. The van der Waals surface area contributed by atoms with Gasteiger partial charge in [-0.2, -0.15) is 0 Å². The third-order valence-corrected chi connectivity index (χ3v) is 7.83. The number of morpholine rings is 1. The first-order valence-corrected chi connectivity index (χ1v) is 12.7. The summed E-state index contributed by atoms with van der Waals surface area (Å²) in [6, 6.07) is 8.20. The minimum absolute atomic E-state index is 0.694. The maximum absolute atomic E-state index is 5.43. The molecule has 1 aromatic carbocycles. The number of hydrogen-bond donors (Lipinski definition) is 2. The number of aryl methyl sites for hydroxylation is 1. The van der Waals surface area contributed by atoms with E-state index in [2.05, 4.69) is 53.6 Å². The fraction of sp³-hybridized carbons (Fsp3) is 0.478. The average molecular weight is 502 g/mol. The van der Waals surface area contributed by atoms with Gasteiger partial charge < -0.3 is 15.4 Å². The molecule has 2 aliphatic rings. The van der Waals surface area contributed by atoms with Gasteiger partial charge in [0.05, 0.1) is 18.6 Å². The molecule has 2 N–H and O–H groups in total. The summed E-state index contributed by atoms with van der Waals surface area (Å²) in [5, 5.41) is 8.41. The van der Waals surface area contributed by atoms with Gasteiger partial charge in [0.1, 0.15) is 17.0 Å². The molecular formula is C23H28BrN5OS. The van der Waals surface area contributed by atoms with Gasteiger partial charge in [0.25, 0.3) is 0 Å². The van der Waals surface area contributed by atoms with Crippen LogP contribution in [0.25, 0.3) is 10.2 Å². The first-order chi connectivity index (χ1) is 15.3. The normalized spacial score (nSPS) is 19.5. The van der Waals surface area contributed by atoms with Crippen LogP contribution in [-0.2, 0) is 17.6 Å². The summed E-state index contributed by atoms with van der Waals surface area (Å²) in [6.07, 6.45) is 5.13. The van der Waals surface area contributed by atoms with E-state index in [1.54, 1.807) is 6.33 Å². The fourth-order valence-electron chi connectivity index (χ4n) is 4.52. The van der Waals surface area contributed by atoms with Crippen molar-refractivity contribution in [3.8, 4) is 0 Å². The van der Waals surface area contributed by atoms with Crippen molar-refractivity contribution in [1.82, 2.24) is 20.2 Å². The molecule has 1 unspecified atom stereocenters. The Morgan fingerprint density at radius 1 is 1.23 bits per heavy atom. The summed E-state index contributed by atoms with van der Waals surface area (Å²) in [5.41, 5.74) is 2.48. The van der Waals surface area contributed by atoms with E-state index < -0.39 is 0 Å². The molecule has 1 aliphatic carbocycles. The van der Waals surface area contributed by atoms with Gasteiger partial charge in [-0.15, -0.1) is 11.3 Å². The molecule has 3 aromatic rings. The van der Waals surface area contributed by atoms with Gasteiger partial charge in [-0.25, -0.2) is 9.97 Å². The van der Waals surface area contributed by atoms with Crippen molar-refractivity contribution in [2.45, 2.75) is 19.3 Å². The second-order valence-corrected chi connectivity index (χ2v) is 10.3. The van der Waals surface area contributed by atoms with E-state index >= 15 is 0 Å². The predicted octanol–water partition coefficient (Wildman–Crippen LogP) is 4.22. The van der Waals surface area contributed by atoms with E-state index in [1.807, 2.05) is 23.5 Å². The van der Waals surface area contributed by atoms with Crippen LogP contribution >= 0.6 is 27.3 Å². The molecule has 8 heteroatoms. The van der Waals surface area contributed by atoms with Crippen molar-refractivity contribution >= 4 is 49.0 Å². The maximum atomic E-state index is 5.43. The number of halogens is 1. The van der Waals surface area contributed by atoms with Crippen LogP contribution in [0.2, 0.25) is 0 Å². The average Bonchev–Trinajstić information content (AvgIpc) is 3.16. The number of ether oxygens (including phenoxy) is 1. The first kappa shape index (κ1) is 21.3. The summed E-state index contributed by atoms with van der Waals surface area (Å²) < 4.78 is 6.48. The van der Waals surface area contributed by atoms with Crippen molar-refractivity contribution < 1.29 is 4.74 Å². The van der Waals surface area contributed by atoms with Crippen LogP contribution in [-0.4, -0.2) is 60.8 Å². The summed E-state index contributed by atoms with van der Waals surface area (Å²) in [6.45, 7) is 7.14. The number of thiophene rings is 1. The van der Waals surface area contributed by atoms with Crippen molar-refractivity contribution in [3.05, 3.63) is 45.5 Å². The smallest absolute Gasteiger partial charge is 0.142 e. The molecule has 0 amide bonds. The Bertz CT molecular complexity index is 1040. The number of nitrogens with one attached hydrogen (secondary N) is 2. The molecular weight excluding hydrogens is 474 g/mol. The lowest BCUT2D eigenvalue weighted by Gasteiger charge is -2.27. The lowest BCUT2D eigenvalue weighted by molar-refractivity contribution is 0.0383. The van der Waals surface area contributed by atoms with Gasteiger partial charge in [-0.1, -0.05) is 22.0 Å². The largest absolute Gasteiger partial charge is 0.379 e. The van der Waals surface area contributed by atoms with E-state index in [-0.39, 0.29) is 0 Å². The number of rotatable bonds is 7. The van der Waals surface area contributed by atoms with E-state index in [0.29, 0.717) is 5.92 Å². The Morgan fingerprint density at radius 2 is 2.13 bits per heavy atom. The molecule has 1 atom stereocenters. The highest BCUT2D eigenvalue weighted by molar-refractivity contribution is 9.10. The van der Waals surface area contributed by atoms with Crippen molar-refractivity contribution in [2.75, 3.05) is 51.3 Å². The SMILES string of the molecule is Brc1cccc(Nc2ncnc3sc4c(c23)CCC(CNCCN2CCOCC2)C4)c1. The topological polar surface area (TPSA) is 62.3 Å². The van der Waals surface area contributed by atoms with E-state index in [1.165, 1.54) is 22.2 Å². The number of benzene rings is 1. The van der Waals surface area contributed by atoms with Crippen molar-refractivity contribution in [2.24, 2.45) is 5.92 Å². The molecule has 0 saturated carbocycles. The minimum Gasteiger partial charge on any atom is -0.379 e. The zero-order valence-electron chi connectivity index (χ0n) is 17.6. The van der Waals surface area contributed by atoms with Crippen LogP contribution in [0.3, 0.4) is 0 Å². The Hall–Kier alpha value is -1.58. The third kappa shape index (κ3) is 5.09. The highest BCUT2D eigenvalue weighted by atomic mass is 79.9. The van der Waals surface area contributed by atoms with E-state index in [4.69, 9.17) is 4.74 Å².